The Morgan fingerprint density at radius 2 is 1.56 bits per heavy atom. The first kappa shape index (κ1) is 14.6. The number of nitrogens with zero attached hydrogens (tertiary/aromatic N) is 2. The van der Waals surface area contributed by atoms with E-state index < -0.39 is 0 Å². The van der Waals surface area contributed by atoms with Crippen LogP contribution in [0.4, 0.5) is 5.69 Å². The van der Waals surface area contributed by atoms with Gasteiger partial charge in [-0.15, -0.1) is 0 Å². The summed E-state index contributed by atoms with van der Waals surface area (Å²) < 4.78 is 0. The second-order valence-electron chi connectivity index (χ2n) is 4.84. The molecule has 0 atom stereocenters. The Bertz CT molecular complexity index is 392. The summed E-state index contributed by atoms with van der Waals surface area (Å²) in [5, 5.41) is 9.39. The molecule has 0 saturated heterocycles. The fraction of sp³-hybridized carbons (Fsp3) is 0.562. The predicted octanol–water partition coefficient (Wildman–Crippen LogP) is 4.11. The highest BCUT2D eigenvalue weighted by Gasteiger charge is 2.35. The molecule has 1 aromatic rings. The lowest BCUT2D eigenvalue weighted by Crippen LogP contribution is -2.19. The lowest BCUT2D eigenvalue weighted by molar-refractivity contribution is 0.573. The van der Waals surface area contributed by atoms with Gasteiger partial charge in [-0.2, -0.15) is 5.26 Å². The van der Waals surface area contributed by atoms with Crippen molar-refractivity contribution in [1.82, 2.24) is 0 Å². The third-order valence-corrected chi connectivity index (χ3v) is 3.61. The SMILES string of the molecule is CC.CN(C)c1ccc(C2(C#N)CCCC2)cc1. The monoisotopic (exact) mass is 244 g/mol. The van der Waals surface area contributed by atoms with Gasteiger partial charge in [0, 0.05) is 19.8 Å². The van der Waals surface area contributed by atoms with Crippen molar-refractivity contribution >= 4 is 5.69 Å². The van der Waals surface area contributed by atoms with Gasteiger partial charge in [0.1, 0.15) is 0 Å². The molecule has 18 heavy (non-hydrogen) atoms. The Hall–Kier alpha value is -1.49. The minimum atomic E-state index is -0.204. The van der Waals surface area contributed by atoms with Crippen LogP contribution in [0, 0.1) is 11.3 Å². The molecule has 0 aromatic heterocycles. The molecule has 1 fully saturated rings. The van der Waals surface area contributed by atoms with E-state index in [9.17, 15) is 5.26 Å². The van der Waals surface area contributed by atoms with Gasteiger partial charge in [-0.3, -0.25) is 0 Å². The minimum Gasteiger partial charge on any atom is -0.378 e. The maximum atomic E-state index is 9.39. The van der Waals surface area contributed by atoms with Crippen LogP contribution in [0.3, 0.4) is 0 Å². The molecule has 0 heterocycles. The van der Waals surface area contributed by atoms with E-state index in [-0.39, 0.29) is 5.41 Å². The summed E-state index contributed by atoms with van der Waals surface area (Å²) in [6.07, 6.45) is 4.40. The summed E-state index contributed by atoms with van der Waals surface area (Å²) in [5.74, 6) is 0. The highest BCUT2D eigenvalue weighted by molar-refractivity contribution is 5.48. The van der Waals surface area contributed by atoms with Gasteiger partial charge in [-0.05, 0) is 30.5 Å². The second-order valence-corrected chi connectivity index (χ2v) is 4.84. The van der Waals surface area contributed by atoms with Crippen LogP contribution in [0.15, 0.2) is 24.3 Å². The summed E-state index contributed by atoms with van der Waals surface area (Å²) in [7, 11) is 4.06. The molecule has 98 valence electrons. The maximum absolute atomic E-state index is 9.39. The molecular formula is C16H24N2. The van der Waals surface area contributed by atoms with Gasteiger partial charge >= 0.3 is 0 Å². The fourth-order valence-electron chi connectivity index (χ4n) is 2.52. The number of anilines is 1. The first-order chi connectivity index (χ1) is 8.68. The Morgan fingerprint density at radius 3 is 1.94 bits per heavy atom. The van der Waals surface area contributed by atoms with Gasteiger partial charge in [0.05, 0.1) is 11.5 Å². The Labute approximate surface area is 111 Å². The molecule has 1 saturated carbocycles. The van der Waals surface area contributed by atoms with Crippen LogP contribution < -0.4 is 4.90 Å². The first-order valence-corrected chi connectivity index (χ1v) is 6.87. The van der Waals surface area contributed by atoms with E-state index in [1.807, 2.05) is 27.9 Å². The molecule has 1 aliphatic rings. The highest BCUT2D eigenvalue weighted by atomic mass is 15.1. The van der Waals surface area contributed by atoms with Crippen LogP contribution in [0.25, 0.3) is 0 Å². The Balaban J connectivity index is 0.000000771. The molecule has 0 radical (unpaired) electrons. The van der Waals surface area contributed by atoms with Crippen molar-refractivity contribution in [2.45, 2.75) is 44.9 Å². The average molecular weight is 244 g/mol. The molecule has 0 unspecified atom stereocenters. The van der Waals surface area contributed by atoms with Gasteiger partial charge in [0.2, 0.25) is 0 Å². The molecule has 0 N–H and O–H groups in total. The lowest BCUT2D eigenvalue weighted by Gasteiger charge is -2.22. The number of rotatable bonds is 2. The van der Waals surface area contributed by atoms with Crippen molar-refractivity contribution in [2.24, 2.45) is 0 Å². The van der Waals surface area contributed by atoms with Crippen LogP contribution in [0.2, 0.25) is 0 Å². The number of hydrogen-bond donors (Lipinski definition) is 0. The van der Waals surface area contributed by atoms with Crippen LogP contribution in [-0.2, 0) is 5.41 Å². The second kappa shape index (κ2) is 6.44. The van der Waals surface area contributed by atoms with E-state index in [2.05, 4.69) is 35.2 Å². The zero-order valence-electron chi connectivity index (χ0n) is 12.0. The number of hydrogen-bond acceptors (Lipinski definition) is 2. The maximum Gasteiger partial charge on any atom is 0.0822 e. The number of nitriles is 1. The van der Waals surface area contributed by atoms with Crippen molar-refractivity contribution in [3.05, 3.63) is 29.8 Å². The lowest BCUT2D eigenvalue weighted by atomic mass is 9.80. The summed E-state index contributed by atoms with van der Waals surface area (Å²) in [5.41, 5.74) is 2.18. The summed E-state index contributed by atoms with van der Waals surface area (Å²) >= 11 is 0. The molecule has 0 amide bonds. The van der Waals surface area contributed by atoms with E-state index in [4.69, 9.17) is 0 Å². The largest absolute Gasteiger partial charge is 0.378 e. The van der Waals surface area contributed by atoms with Crippen molar-refractivity contribution in [3.63, 3.8) is 0 Å². The molecule has 2 heteroatoms. The van der Waals surface area contributed by atoms with E-state index in [1.54, 1.807) is 0 Å². The van der Waals surface area contributed by atoms with Gasteiger partial charge in [-0.25, -0.2) is 0 Å². The van der Waals surface area contributed by atoms with Gasteiger partial charge in [-0.1, -0.05) is 38.8 Å². The van der Waals surface area contributed by atoms with Crippen molar-refractivity contribution in [2.75, 3.05) is 19.0 Å². The zero-order valence-corrected chi connectivity index (χ0v) is 12.0. The molecule has 2 rings (SSSR count). The summed E-state index contributed by atoms with van der Waals surface area (Å²) in [4.78, 5) is 2.08. The normalized spacial score (nSPS) is 16.4. The Kier molecular flexibility index (Phi) is 5.22. The molecule has 0 bridgehead atoms. The van der Waals surface area contributed by atoms with Crippen molar-refractivity contribution < 1.29 is 0 Å². The molecule has 2 nitrogen and oxygen atoms in total. The molecule has 1 aliphatic carbocycles. The minimum absolute atomic E-state index is 0.204. The summed E-state index contributed by atoms with van der Waals surface area (Å²) in [6, 6.07) is 11.0. The highest BCUT2D eigenvalue weighted by Crippen LogP contribution is 2.40. The average Bonchev–Trinajstić information content (AvgIpc) is 2.91. The molecular weight excluding hydrogens is 220 g/mol. The summed E-state index contributed by atoms with van der Waals surface area (Å²) in [6.45, 7) is 4.00. The molecule has 0 aliphatic heterocycles. The zero-order chi connectivity index (χ0) is 13.6. The van der Waals surface area contributed by atoms with Gasteiger partial charge < -0.3 is 4.90 Å². The smallest absolute Gasteiger partial charge is 0.0822 e. The molecule has 1 aromatic carbocycles. The van der Waals surface area contributed by atoms with Crippen LogP contribution in [-0.4, -0.2) is 14.1 Å². The van der Waals surface area contributed by atoms with Crippen LogP contribution >= 0.6 is 0 Å². The quantitative estimate of drug-likeness (QED) is 0.782. The number of benzene rings is 1. The third-order valence-electron chi connectivity index (χ3n) is 3.61. The Morgan fingerprint density at radius 1 is 1.06 bits per heavy atom. The van der Waals surface area contributed by atoms with E-state index >= 15 is 0 Å². The van der Waals surface area contributed by atoms with Crippen LogP contribution in [0.5, 0.6) is 0 Å². The van der Waals surface area contributed by atoms with Crippen molar-refractivity contribution in [1.29, 1.82) is 5.26 Å². The van der Waals surface area contributed by atoms with Crippen molar-refractivity contribution in [3.8, 4) is 6.07 Å². The van der Waals surface area contributed by atoms with E-state index in [0.29, 0.717) is 0 Å². The van der Waals surface area contributed by atoms with Gasteiger partial charge in [0.25, 0.3) is 0 Å². The predicted molar refractivity (Wildman–Crippen MR) is 77.9 cm³/mol. The van der Waals surface area contributed by atoms with Gasteiger partial charge in [0.15, 0.2) is 0 Å². The first-order valence-electron chi connectivity index (χ1n) is 6.87. The standard InChI is InChI=1S/C14H18N2.C2H6/c1-16(2)13-7-5-12(6-8-13)14(11-15)9-3-4-10-14;1-2/h5-8H,3-4,9-10H2,1-2H3;1-2H3. The van der Waals surface area contributed by atoms with E-state index in [0.717, 1.165) is 12.8 Å². The topological polar surface area (TPSA) is 27.0 Å². The third kappa shape index (κ3) is 2.85. The molecule has 0 spiro atoms. The fourth-order valence-corrected chi connectivity index (χ4v) is 2.52. The van der Waals surface area contributed by atoms with E-state index in [1.165, 1.54) is 24.1 Å². The van der Waals surface area contributed by atoms with Crippen LogP contribution in [0.1, 0.15) is 45.1 Å².